The molecule has 1 amide bonds. The number of benzene rings is 2. The van der Waals surface area contributed by atoms with E-state index in [1.807, 2.05) is 24.3 Å². The van der Waals surface area contributed by atoms with Gasteiger partial charge in [-0.25, -0.2) is 0 Å². The minimum absolute atomic E-state index is 0.0331. The summed E-state index contributed by atoms with van der Waals surface area (Å²) in [5.41, 5.74) is 1.63. The molecule has 4 rings (SSSR count). The van der Waals surface area contributed by atoms with Gasteiger partial charge in [0.15, 0.2) is 22.2 Å². The number of rotatable bonds is 9. The Morgan fingerprint density at radius 3 is 2.88 bits per heavy atom. The van der Waals surface area contributed by atoms with Gasteiger partial charge in [0.1, 0.15) is 0 Å². The number of carbonyl (C=O) groups is 1. The molecule has 0 fully saturated rings. The van der Waals surface area contributed by atoms with Crippen LogP contribution in [-0.4, -0.2) is 38.5 Å². The lowest BCUT2D eigenvalue weighted by Gasteiger charge is -2.09. The molecule has 0 saturated carbocycles. The fourth-order valence-corrected chi connectivity index (χ4v) is 4.10. The quantitative estimate of drug-likeness (QED) is 0.157. The fourth-order valence-electron chi connectivity index (χ4n) is 3.35. The summed E-state index contributed by atoms with van der Waals surface area (Å²) in [5, 5.41) is 23.6. The number of thioether (sulfide) groups is 1. The van der Waals surface area contributed by atoms with E-state index in [1.54, 1.807) is 30.7 Å². The van der Waals surface area contributed by atoms with E-state index in [2.05, 4.69) is 22.1 Å². The molecular weight excluding hydrogens is 458 g/mol. The van der Waals surface area contributed by atoms with Gasteiger partial charge in [-0.05, 0) is 24.6 Å². The molecule has 0 spiro atoms. The van der Waals surface area contributed by atoms with Crippen LogP contribution in [0.1, 0.15) is 5.56 Å². The first-order valence-corrected chi connectivity index (χ1v) is 11.2. The van der Waals surface area contributed by atoms with Crippen LogP contribution in [0.2, 0.25) is 0 Å². The van der Waals surface area contributed by atoms with E-state index in [9.17, 15) is 14.9 Å². The Morgan fingerprint density at radius 2 is 2.15 bits per heavy atom. The lowest BCUT2D eigenvalue weighted by molar-refractivity contribution is -0.384. The number of furan rings is 1. The molecule has 0 bridgehead atoms. The molecular formula is C23H21N5O5S. The molecule has 174 valence electrons. The molecule has 10 nitrogen and oxygen atoms in total. The number of aromatic nitrogens is 3. The second kappa shape index (κ2) is 9.79. The van der Waals surface area contributed by atoms with Crippen LogP contribution in [0.25, 0.3) is 22.6 Å². The molecule has 0 aliphatic rings. The summed E-state index contributed by atoms with van der Waals surface area (Å²) in [4.78, 5) is 23.1. The molecule has 0 atom stereocenters. The van der Waals surface area contributed by atoms with E-state index in [1.165, 1.54) is 23.9 Å². The maximum absolute atomic E-state index is 12.5. The Balaban J connectivity index is 1.54. The number of allylic oxidation sites excluding steroid dienone is 1. The molecule has 2 aromatic carbocycles. The van der Waals surface area contributed by atoms with Crippen molar-refractivity contribution in [3.63, 3.8) is 0 Å². The van der Waals surface area contributed by atoms with E-state index in [4.69, 9.17) is 9.15 Å². The lowest BCUT2D eigenvalue weighted by atomic mass is 10.2. The predicted octanol–water partition coefficient (Wildman–Crippen LogP) is 4.83. The number of amides is 1. The number of anilines is 1. The van der Waals surface area contributed by atoms with Gasteiger partial charge in [-0.3, -0.25) is 19.5 Å². The van der Waals surface area contributed by atoms with Gasteiger partial charge >= 0.3 is 0 Å². The van der Waals surface area contributed by atoms with Crippen molar-refractivity contribution in [2.45, 2.75) is 18.6 Å². The first-order chi connectivity index (χ1) is 16.4. The lowest BCUT2D eigenvalue weighted by Crippen LogP contribution is -2.15. The Kier molecular flexibility index (Phi) is 6.64. The van der Waals surface area contributed by atoms with Crippen LogP contribution in [0.5, 0.6) is 5.75 Å². The van der Waals surface area contributed by atoms with Crippen LogP contribution in [0.15, 0.2) is 64.7 Å². The van der Waals surface area contributed by atoms with Gasteiger partial charge in [-0.15, -0.1) is 16.8 Å². The van der Waals surface area contributed by atoms with Crippen molar-refractivity contribution < 1.29 is 18.9 Å². The average molecular weight is 480 g/mol. The van der Waals surface area contributed by atoms with Crippen molar-refractivity contribution in [2.75, 3.05) is 18.2 Å². The molecule has 1 N–H and O–H groups in total. The standard InChI is InChI=1S/C23H21N5O5S/c1-4-10-27-22(19-11-15-6-5-7-18(32-3)21(15)33-19)25-26-23(27)34-13-20(29)24-17-12-16(28(30)31)9-8-14(17)2/h4-9,11-12H,1,10,13H2,2-3H3,(H,24,29). The number of non-ortho nitro benzene ring substituents is 1. The maximum Gasteiger partial charge on any atom is 0.271 e. The maximum atomic E-state index is 12.5. The molecule has 11 heteroatoms. The highest BCUT2D eigenvalue weighted by atomic mass is 32.2. The summed E-state index contributed by atoms with van der Waals surface area (Å²) in [6.07, 6.45) is 1.70. The highest BCUT2D eigenvalue weighted by Gasteiger charge is 2.20. The minimum atomic E-state index is -0.503. The highest BCUT2D eigenvalue weighted by molar-refractivity contribution is 7.99. The Hall–Kier alpha value is -4.12. The summed E-state index contributed by atoms with van der Waals surface area (Å²) in [6.45, 7) is 5.97. The molecule has 0 unspecified atom stereocenters. The molecule has 2 heterocycles. The van der Waals surface area contributed by atoms with Crippen LogP contribution >= 0.6 is 11.8 Å². The van der Waals surface area contributed by atoms with Crippen molar-refractivity contribution in [1.29, 1.82) is 0 Å². The summed E-state index contributed by atoms with van der Waals surface area (Å²) in [5.74, 6) is 1.33. The number of hydrogen-bond acceptors (Lipinski definition) is 8. The second-order valence-corrected chi connectivity index (χ2v) is 8.23. The first-order valence-electron chi connectivity index (χ1n) is 10.2. The number of carbonyl (C=O) groups excluding carboxylic acids is 1. The van der Waals surface area contributed by atoms with Gasteiger partial charge in [-0.1, -0.05) is 36.0 Å². The van der Waals surface area contributed by atoms with Crippen molar-refractivity contribution in [1.82, 2.24) is 14.8 Å². The number of nitro groups is 1. The third-order valence-electron chi connectivity index (χ3n) is 5.02. The van der Waals surface area contributed by atoms with Gasteiger partial charge in [-0.2, -0.15) is 0 Å². The topological polar surface area (TPSA) is 125 Å². The van der Waals surface area contributed by atoms with Gasteiger partial charge in [0.25, 0.3) is 5.69 Å². The zero-order chi connectivity index (χ0) is 24.2. The van der Waals surface area contributed by atoms with E-state index in [-0.39, 0.29) is 17.3 Å². The highest BCUT2D eigenvalue weighted by Crippen LogP contribution is 2.34. The van der Waals surface area contributed by atoms with E-state index >= 15 is 0 Å². The zero-order valence-corrected chi connectivity index (χ0v) is 19.3. The summed E-state index contributed by atoms with van der Waals surface area (Å²) in [6, 6.07) is 11.8. The van der Waals surface area contributed by atoms with Crippen molar-refractivity contribution in [3.05, 3.63) is 70.8 Å². The number of fused-ring (bicyclic) bond motifs is 1. The number of aryl methyl sites for hydroxylation is 1. The van der Waals surface area contributed by atoms with E-state index in [0.717, 1.165) is 10.9 Å². The number of nitro benzene ring substituents is 1. The molecule has 2 aromatic heterocycles. The SMILES string of the molecule is C=CCn1c(SCC(=O)Nc2cc([N+](=O)[O-])ccc2C)nnc1-c1cc2cccc(OC)c2o1. The number of methoxy groups -OCH3 is 1. The van der Waals surface area contributed by atoms with Crippen LogP contribution in [-0.2, 0) is 11.3 Å². The number of hydrogen-bond donors (Lipinski definition) is 1. The number of nitrogens with zero attached hydrogens (tertiary/aromatic N) is 4. The average Bonchev–Trinajstić information content (AvgIpc) is 3.43. The monoisotopic (exact) mass is 479 g/mol. The van der Waals surface area contributed by atoms with Gasteiger partial charge in [0.05, 0.1) is 23.5 Å². The normalized spacial score (nSPS) is 10.9. The molecule has 0 radical (unpaired) electrons. The van der Waals surface area contributed by atoms with Crippen LogP contribution in [0.4, 0.5) is 11.4 Å². The van der Waals surface area contributed by atoms with Crippen LogP contribution < -0.4 is 10.1 Å². The molecule has 0 aliphatic carbocycles. The van der Waals surface area contributed by atoms with Crippen molar-refractivity contribution in [3.8, 4) is 17.3 Å². The van der Waals surface area contributed by atoms with Crippen LogP contribution in [0.3, 0.4) is 0 Å². The van der Waals surface area contributed by atoms with E-state index < -0.39 is 4.92 Å². The molecule has 4 aromatic rings. The summed E-state index contributed by atoms with van der Waals surface area (Å²) in [7, 11) is 1.58. The predicted molar refractivity (Wildman–Crippen MR) is 129 cm³/mol. The summed E-state index contributed by atoms with van der Waals surface area (Å²) >= 11 is 1.19. The Bertz CT molecular complexity index is 1390. The molecule has 34 heavy (non-hydrogen) atoms. The third-order valence-corrected chi connectivity index (χ3v) is 5.98. The smallest absolute Gasteiger partial charge is 0.271 e. The van der Waals surface area contributed by atoms with Gasteiger partial charge in [0, 0.05) is 24.1 Å². The van der Waals surface area contributed by atoms with Crippen molar-refractivity contribution in [2.24, 2.45) is 0 Å². The largest absolute Gasteiger partial charge is 0.493 e. The van der Waals surface area contributed by atoms with Gasteiger partial charge in [0.2, 0.25) is 11.7 Å². The first kappa shape index (κ1) is 23.1. The third kappa shape index (κ3) is 4.64. The molecule has 0 saturated heterocycles. The van der Waals surface area contributed by atoms with Crippen molar-refractivity contribution >= 4 is 40.0 Å². The number of nitrogens with one attached hydrogen (secondary N) is 1. The fraction of sp³-hybridized carbons (Fsp3) is 0.174. The second-order valence-electron chi connectivity index (χ2n) is 7.29. The van der Waals surface area contributed by atoms with E-state index in [0.29, 0.717) is 40.3 Å². The summed E-state index contributed by atoms with van der Waals surface area (Å²) < 4.78 is 13.2. The molecule has 0 aliphatic heterocycles. The zero-order valence-electron chi connectivity index (χ0n) is 18.5. The van der Waals surface area contributed by atoms with Crippen LogP contribution in [0, 0.1) is 17.0 Å². The Morgan fingerprint density at radius 1 is 1.32 bits per heavy atom. The number of ether oxygens (including phenoxy) is 1. The minimum Gasteiger partial charge on any atom is -0.493 e. The number of para-hydroxylation sites is 1. The van der Waals surface area contributed by atoms with Gasteiger partial charge < -0.3 is 14.5 Å². The Labute approximate surface area is 198 Å².